The van der Waals surface area contributed by atoms with Gasteiger partial charge in [0.1, 0.15) is 0 Å². The van der Waals surface area contributed by atoms with Gasteiger partial charge in [-0.25, -0.2) is 0 Å². The van der Waals surface area contributed by atoms with E-state index in [0.29, 0.717) is 5.70 Å². The lowest BCUT2D eigenvalue weighted by Crippen LogP contribution is -2.21. The van der Waals surface area contributed by atoms with Gasteiger partial charge in [0.05, 0.1) is 0 Å². The molecule has 0 radical (unpaired) electrons. The number of rotatable bonds is 4. The number of nitrogens with zero attached hydrogens (tertiary/aromatic N) is 1. The molecule has 1 amide bonds. The minimum Gasteiger partial charge on any atom is -0.388 e. The van der Waals surface area contributed by atoms with Gasteiger partial charge in [0.15, 0.2) is 0 Å². The Kier molecular flexibility index (Phi) is 5.37. The Bertz CT molecular complexity index is 277. The molecular weight excluding hydrogens is 176 g/mol. The first-order valence-electron chi connectivity index (χ1n) is 4.48. The zero-order valence-electron chi connectivity index (χ0n) is 9.29. The normalized spacial score (nSPS) is 11.6. The van der Waals surface area contributed by atoms with E-state index in [1.807, 2.05) is 26.1 Å². The second kappa shape index (κ2) is 6.02. The highest BCUT2D eigenvalue weighted by molar-refractivity contribution is 5.75. The highest BCUT2D eigenvalue weighted by Crippen LogP contribution is 2.02. The molecule has 0 unspecified atom stereocenters. The summed E-state index contributed by atoms with van der Waals surface area (Å²) in [5.74, 6) is -0.0221. The van der Waals surface area contributed by atoms with Crippen molar-refractivity contribution >= 4 is 5.91 Å². The van der Waals surface area contributed by atoms with Crippen molar-refractivity contribution in [3.05, 3.63) is 36.2 Å². The molecule has 0 fully saturated rings. The van der Waals surface area contributed by atoms with Gasteiger partial charge in [0.25, 0.3) is 0 Å². The van der Waals surface area contributed by atoms with Crippen LogP contribution in [0.2, 0.25) is 0 Å². The Balaban J connectivity index is 4.39. The van der Waals surface area contributed by atoms with Crippen LogP contribution in [0.5, 0.6) is 0 Å². The molecule has 0 heterocycles. The molecule has 0 saturated heterocycles. The monoisotopic (exact) mass is 194 g/mol. The van der Waals surface area contributed by atoms with Crippen LogP contribution < -0.4 is 5.32 Å². The summed E-state index contributed by atoms with van der Waals surface area (Å²) >= 11 is 0. The van der Waals surface area contributed by atoms with Crippen molar-refractivity contribution < 1.29 is 4.79 Å². The van der Waals surface area contributed by atoms with Crippen LogP contribution in [0, 0.1) is 0 Å². The average molecular weight is 194 g/mol. The summed E-state index contributed by atoms with van der Waals surface area (Å²) in [6, 6.07) is 0. The predicted octanol–water partition coefficient (Wildman–Crippen LogP) is 1.66. The van der Waals surface area contributed by atoms with Gasteiger partial charge in [0, 0.05) is 32.4 Å². The number of hydrogen-bond donors (Lipinski definition) is 1. The van der Waals surface area contributed by atoms with E-state index >= 15 is 0 Å². The summed E-state index contributed by atoms with van der Waals surface area (Å²) in [6.45, 7) is 7.23. The molecule has 0 bridgehead atoms. The first-order chi connectivity index (χ1) is 6.52. The lowest BCUT2D eigenvalue weighted by atomic mass is 10.3. The van der Waals surface area contributed by atoms with E-state index in [4.69, 9.17) is 0 Å². The third kappa shape index (κ3) is 3.94. The van der Waals surface area contributed by atoms with Crippen LogP contribution in [0.25, 0.3) is 0 Å². The van der Waals surface area contributed by atoms with Crippen molar-refractivity contribution in [1.82, 2.24) is 10.2 Å². The fourth-order valence-electron chi connectivity index (χ4n) is 0.824. The maximum Gasteiger partial charge on any atom is 0.223 e. The largest absolute Gasteiger partial charge is 0.388 e. The Hall–Kier alpha value is -1.51. The molecule has 0 spiro atoms. The summed E-state index contributed by atoms with van der Waals surface area (Å²) < 4.78 is 0. The number of nitrogens with one attached hydrogen (secondary N) is 1. The lowest BCUT2D eigenvalue weighted by Gasteiger charge is -2.14. The molecule has 0 aliphatic carbocycles. The molecule has 0 rings (SSSR count). The van der Waals surface area contributed by atoms with Crippen molar-refractivity contribution in [1.29, 1.82) is 0 Å². The topological polar surface area (TPSA) is 32.3 Å². The van der Waals surface area contributed by atoms with Crippen LogP contribution in [-0.4, -0.2) is 24.9 Å². The molecule has 1 N–H and O–H groups in total. The third-order valence-corrected chi connectivity index (χ3v) is 1.96. The molecule has 0 saturated carbocycles. The van der Waals surface area contributed by atoms with E-state index in [1.54, 1.807) is 13.1 Å². The SMILES string of the molecule is C=C(/C=C\C(=C/C)NC)N(C)C(C)=O. The summed E-state index contributed by atoms with van der Waals surface area (Å²) in [7, 11) is 3.54. The highest BCUT2D eigenvalue weighted by atomic mass is 16.2. The fraction of sp³-hybridized carbons (Fsp3) is 0.364. The van der Waals surface area contributed by atoms with Crippen LogP contribution in [0.1, 0.15) is 13.8 Å². The molecule has 0 aliphatic heterocycles. The number of carbonyl (C=O) groups is 1. The highest BCUT2D eigenvalue weighted by Gasteiger charge is 2.02. The molecule has 78 valence electrons. The van der Waals surface area contributed by atoms with Crippen LogP contribution in [0.4, 0.5) is 0 Å². The molecule has 0 aromatic rings. The number of allylic oxidation sites excluding steroid dienone is 3. The first-order valence-corrected chi connectivity index (χ1v) is 4.48. The molecule has 0 aromatic carbocycles. The lowest BCUT2D eigenvalue weighted by molar-refractivity contribution is -0.125. The van der Waals surface area contributed by atoms with Gasteiger partial charge in [0.2, 0.25) is 5.91 Å². The predicted molar refractivity (Wildman–Crippen MR) is 59.5 cm³/mol. The van der Waals surface area contributed by atoms with Crippen LogP contribution in [0.3, 0.4) is 0 Å². The van der Waals surface area contributed by atoms with Crippen molar-refractivity contribution in [2.24, 2.45) is 0 Å². The van der Waals surface area contributed by atoms with Gasteiger partial charge in [-0.2, -0.15) is 0 Å². The standard InChI is InChI=1S/C11H18N2O/c1-6-11(12-4)8-7-9(2)13(5)10(3)14/h6-8,12H,2H2,1,3-5H3/b8-7-,11-6+. The van der Waals surface area contributed by atoms with Gasteiger partial charge in [-0.1, -0.05) is 12.7 Å². The van der Waals surface area contributed by atoms with Crippen molar-refractivity contribution in [2.75, 3.05) is 14.1 Å². The van der Waals surface area contributed by atoms with Gasteiger partial charge >= 0.3 is 0 Å². The Morgan fingerprint density at radius 3 is 2.36 bits per heavy atom. The number of hydrogen-bond acceptors (Lipinski definition) is 2. The molecular formula is C11H18N2O. The van der Waals surface area contributed by atoms with E-state index in [-0.39, 0.29) is 5.91 Å². The van der Waals surface area contributed by atoms with Crippen molar-refractivity contribution in [3.63, 3.8) is 0 Å². The van der Waals surface area contributed by atoms with Crippen molar-refractivity contribution in [3.8, 4) is 0 Å². The first kappa shape index (κ1) is 12.5. The van der Waals surface area contributed by atoms with Gasteiger partial charge in [-0.05, 0) is 19.1 Å². The van der Waals surface area contributed by atoms with E-state index in [0.717, 1.165) is 5.70 Å². The Labute approximate surface area is 85.8 Å². The van der Waals surface area contributed by atoms with Gasteiger partial charge in [-0.15, -0.1) is 0 Å². The third-order valence-electron chi connectivity index (χ3n) is 1.96. The van der Waals surface area contributed by atoms with Crippen LogP contribution in [-0.2, 0) is 4.79 Å². The molecule has 14 heavy (non-hydrogen) atoms. The molecule has 0 aromatic heterocycles. The Morgan fingerprint density at radius 2 is 2.00 bits per heavy atom. The van der Waals surface area contributed by atoms with E-state index in [9.17, 15) is 4.79 Å². The zero-order chi connectivity index (χ0) is 11.1. The van der Waals surface area contributed by atoms with E-state index in [1.165, 1.54) is 11.8 Å². The summed E-state index contributed by atoms with van der Waals surface area (Å²) in [5, 5.41) is 3.00. The second-order valence-electron chi connectivity index (χ2n) is 2.90. The summed E-state index contributed by atoms with van der Waals surface area (Å²) in [4.78, 5) is 12.5. The van der Waals surface area contributed by atoms with Crippen LogP contribution >= 0.6 is 0 Å². The number of likely N-dealkylation sites (N-methyl/N-ethyl adjacent to an activating group) is 2. The maximum absolute atomic E-state index is 11.0. The zero-order valence-corrected chi connectivity index (χ0v) is 9.29. The smallest absolute Gasteiger partial charge is 0.223 e. The minimum absolute atomic E-state index is 0.0221. The number of amides is 1. The fourth-order valence-corrected chi connectivity index (χ4v) is 0.824. The quantitative estimate of drug-likeness (QED) is 0.690. The van der Waals surface area contributed by atoms with Gasteiger partial charge < -0.3 is 10.2 Å². The molecule has 3 nitrogen and oxygen atoms in total. The maximum atomic E-state index is 11.0. The van der Waals surface area contributed by atoms with E-state index < -0.39 is 0 Å². The summed E-state index contributed by atoms with van der Waals surface area (Å²) in [6.07, 6.45) is 5.62. The minimum atomic E-state index is -0.0221. The summed E-state index contributed by atoms with van der Waals surface area (Å²) in [5.41, 5.74) is 1.66. The van der Waals surface area contributed by atoms with Gasteiger partial charge in [-0.3, -0.25) is 4.79 Å². The second-order valence-corrected chi connectivity index (χ2v) is 2.90. The van der Waals surface area contributed by atoms with Crippen LogP contribution in [0.15, 0.2) is 36.2 Å². The van der Waals surface area contributed by atoms with E-state index in [2.05, 4.69) is 11.9 Å². The molecule has 3 heteroatoms. The molecule has 0 atom stereocenters. The average Bonchev–Trinajstić information content (AvgIpc) is 2.17. The number of carbonyl (C=O) groups excluding carboxylic acids is 1. The van der Waals surface area contributed by atoms with Crippen molar-refractivity contribution in [2.45, 2.75) is 13.8 Å². The molecule has 0 aliphatic rings. The Morgan fingerprint density at radius 1 is 1.43 bits per heavy atom.